The molecule has 1 amide bonds. The van der Waals surface area contributed by atoms with E-state index in [1.165, 1.54) is 0 Å². The van der Waals surface area contributed by atoms with Crippen molar-refractivity contribution in [3.63, 3.8) is 0 Å². The molecule has 2 rings (SSSR count). The highest BCUT2D eigenvalue weighted by Crippen LogP contribution is 2.13. The Labute approximate surface area is 110 Å². The standard InChI is InChI=1S/C12H17N3O2S/c1-3-4-11-14-9(7-18-11)6-13-12(16)10-5-8(2)15-17-10/h7,10H,3-6H2,1-2H3,(H,13,16)/t10-/m0/s1. The lowest BCUT2D eigenvalue weighted by molar-refractivity contribution is -0.131. The van der Waals surface area contributed by atoms with E-state index in [2.05, 4.69) is 22.4 Å². The Balaban J connectivity index is 1.78. The first-order valence-corrected chi connectivity index (χ1v) is 6.97. The Hall–Kier alpha value is -1.43. The average Bonchev–Trinajstić information content (AvgIpc) is 2.96. The molecule has 1 aliphatic rings. The Kier molecular flexibility index (Phi) is 4.30. The number of hydrogen-bond acceptors (Lipinski definition) is 5. The summed E-state index contributed by atoms with van der Waals surface area (Å²) in [6.45, 7) is 4.44. The van der Waals surface area contributed by atoms with Crippen LogP contribution in [0.4, 0.5) is 0 Å². The quantitative estimate of drug-likeness (QED) is 0.886. The van der Waals surface area contributed by atoms with E-state index in [4.69, 9.17) is 4.84 Å². The van der Waals surface area contributed by atoms with E-state index < -0.39 is 6.10 Å². The van der Waals surface area contributed by atoms with Crippen molar-refractivity contribution in [2.45, 2.75) is 45.8 Å². The van der Waals surface area contributed by atoms with Gasteiger partial charge in [0.05, 0.1) is 23.0 Å². The van der Waals surface area contributed by atoms with Gasteiger partial charge in [0.15, 0.2) is 0 Å². The summed E-state index contributed by atoms with van der Waals surface area (Å²) in [5.74, 6) is -0.124. The van der Waals surface area contributed by atoms with E-state index in [9.17, 15) is 4.79 Å². The van der Waals surface area contributed by atoms with Crippen molar-refractivity contribution in [2.75, 3.05) is 0 Å². The van der Waals surface area contributed by atoms with E-state index in [1.807, 2.05) is 12.3 Å². The number of hydrogen-bond donors (Lipinski definition) is 1. The van der Waals surface area contributed by atoms with Crippen molar-refractivity contribution in [1.82, 2.24) is 10.3 Å². The number of aryl methyl sites for hydroxylation is 1. The van der Waals surface area contributed by atoms with Crippen molar-refractivity contribution >= 4 is 23.0 Å². The van der Waals surface area contributed by atoms with Gasteiger partial charge in [-0.1, -0.05) is 12.1 Å². The van der Waals surface area contributed by atoms with Gasteiger partial charge in [-0.3, -0.25) is 4.79 Å². The van der Waals surface area contributed by atoms with Gasteiger partial charge < -0.3 is 10.2 Å². The third-order valence-electron chi connectivity index (χ3n) is 2.62. The average molecular weight is 267 g/mol. The molecule has 0 aliphatic carbocycles. The van der Waals surface area contributed by atoms with Crippen LogP contribution in [0.1, 0.15) is 37.4 Å². The van der Waals surface area contributed by atoms with Gasteiger partial charge in [-0.2, -0.15) is 0 Å². The van der Waals surface area contributed by atoms with E-state index in [0.29, 0.717) is 13.0 Å². The fourth-order valence-electron chi connectivity index (χ4n) is 1.69. The summed E-state index contributed by atoms with van der Waals surface area (Å²) in [5.41, 5.74) is 1.77. The van der Waals surface area contributed by atoms with Crippen LogP contribution in [0.15, 0.2) is 10.5 Å². The molecule has 5 nitrogen and oxygen atoms in total. The molecule has 0 aromatic carbocycles. The molecule has 0 radical (unpaired) electrons. The topological polar surface area (TPSA) is 63.6 Å². The largest absolute Gasteiger partial charge is 0.382 e. The Morgan fingerprint density at radius 2 is 2.50 bits per heavy atom. The lowest BCUT2D eigenvalue weighted by Gasteiger charge is -2.07. The van der Waals surface area contributed by atoms with Crippen LogP contribution in [-0.2, 0) is 22.6 Å². The molecule has 0 unspecified atom stereocenters. The zero-order valence-electron chi connectivity index (χ0n) is 10.6. The number of nitrogens with zero attached hydrogens (tertiary/aromatic N) is 2. The van der Waals surface area contributed by atoms with Gasteiger partial charge in [0.2, 0.25) is 6.10 Å². The second-order valence-electron chi connectivity index (χ2n) is 4.33. The van der Waals surface area contributed by atoms with Crippen LogP contribution in [-0.4, -0.2) is 22.7 Å². The molecule has 1 atom stereocenters. The first-order valence-electron chi connectivity index (χ1n) is 6.09. The Morgan fingerprint density at radius 3 is 3.17 bits per heavy atom. The van der Waals surface area contributed by atoms with Crippen LogP contribution in [0.5, 0.6) is 0 Å². The molecule has 2 heterocycles. The van der Waals surface area contributed by atoms with Crippen molar-refractivity contribution in [3.05, 3.63) is 16.1 Å². The van der Waals surface area contributed by atoms with Crippen LogP contribution in [0, 0.1) is 0 Å². The molecule has 18 heavy (non-hydrogen) atoms. The lowest BCUT2D eigenvalue weighted by Crippen LogP contribution is -2.34. The molecule has 0 fully saturated rings. The minimum absolute atomic E-state index is 0.124. The number of carbonyl (C=O) groups excluding carboxylic acids is 1. The molecule has 0 saturated carbocycles. The van der Waals surface area contributed by atoms with Gasteiger partial charge in [0, 0.05) is 11.8 Å². The SMILES string of the molecule is CCCc1nc(CNC(=O)[C@@H]2CC(C)=NO2)cs1. The third kappa shape index (κ3) is 3.29. The van der Waals surface area contributed by atoms with Crippen molar-refractivity contribution < 1.29 is 9.63 Å². The highest BCUT2D eigenvalue weighted by atomic mass is 32.1. The predicted octanol–water partition coefficient (Wildman–Crippen LogP) is 1.88. The zero-order chi connectivity index (χ0) is 13.0. The number of amides is 1. The maximum Gasteiger partial charge on any atom is 0.264 e. The molecule has 1 N–H and O–H groups in total. The number of rotatable bonds is 5. The summed E-state index contributed by atoms with van der Waals surface area (Å²) < 4.78 is 0. The summed E-state index contributed by atoms with van der Waals surface area (Å²) in [7, 11) is 0. The second-order valence-corrected chi connectivity index (χ2v) is 5.27. The molecule has 1 aromatic heterocycles. The summed E-state index contributed by atoms with van der Waals surface area (Å²) in [6.07, 6.45) is 2.19. The summed E-state index contributed by atoms with van der Waals surface area (Å²) in [4.78, 5) is 21.2. The maximum atomic E-state index is 11.8. The van der Waals surface area contributed by atoms with E-state index in [0.717, 1.165) is 29.3 Å². The minimum Gasteiger partial charge on any atom is -0.382 e. The van der Waals surface area contributed by atoms with Gasteiger partial charge in [0.25, 0.3) is 5.91 Å². The van der Waals surface area contributed by atoms with Crippen molar-refractivity contribution in [1.29, 1.82) is 0 Å². The van der Waals surface area contributed by atoms with Crippen LogP contribution in [0.3, 0.4) is 0 Å². The Bertz CT molecular complexity index is 456. The van der Waals surface area contributed by atoms with Crippen LogP contribution in [0.2, 0.25) is 0 Å². The summed E-state index contributed by atoms with van der Waals surface area (Å²) in [6, 6.07) is 0. The van der Waals surface area contributed by atoms with Gasteiger partial charge >= 0.3 is 0 Å². The van der Waals surface area contributed by atoms with Crippen molar-refractivity contribution in [2.24, 2.45) is 5.16 Å². The highest BCUT2D eigenvalue weighted by Gasteiger charge is 2.25. The van der Waals surface area contributed by atoms with Crippen molar-refractivity contribution in [3.8, 4) is 0 Å². The van der Waals surface area contributed by atoms with Gasteiger partial charge in [-0.05, 0) is 19.8 Å². The predicted molar refractivity (Wildman–Crippen MR) is 70.6 cm³/mol. The molecule has 98 valence electrons. The maximum absolute atomic E-state index is 11.8. The van der Waals surface area contributed by atoms with Gasteiger partial charge in [-0.25, -0.2) is 4.98 Å². The molecular weight excluding hydrogens is 250 g/mol. The van der Waals surface area contributed by atoms with E-state index in [1.54, 1.807) is 11.3 Å². The Morgan fingerprint density at radius 1 is 1.67 bits per heavy atom. The minimum atomic E-state index is -0.473. The zero-order valence-corrected chi connectivity index (χ0v) is 11.4. The molecule has 6 heteroatoms. The third-order valence-corrected chi connectivity index (χ3v) is 3.57. The van der Waals surface area contributed by atoms with E-state index in [-0.39, 0.29) is 5.91 Å². The summed E-state index contributed by atoms with van der Waals surface area (Å²) >= 11 is 1.64. The number of carbonyl (C=O) groups is 1. The fraction of sp³-hybridized carbons (Fsp3) is 0.583. The number of nitrogens with one attached hydrogen (secondary N) is 1. The number of aromatic nitrogens is 1. The number of thiazole rings is 1. The smallest absolute Gasteiger partial charge is 0.264 e. The first-order chi connectivity index (χ1) is 8.69. The van der Waals surface area contributed by atoms with E-state index >= 15 is 0 Å². The normalized spacial score (nSPS) is 18.3. The fourth-order valence-corrected chi connectivity index (χ4v) is 2.59. The monoisotopic (exact) mass is 267 g/mol. The second kappa shape index (κ2) is 5.95. The summed E-state index contributed by atoms with van der Waals surface area (Å²) in [5, 5.41) is 9.70. The highest BCUT2D eigenvalue weighted by molar-refractivity contribution is 7.09. The first kappa shape index (κ1) is 13.0. The van der Waals surface area contributed by atoms with Crippen LogP contribution in [0.25, 0.3) is 0 Å². The van der Waals surface area contributed by atoms with Crippen LogP contribution >= 0.6 is 11.3 Å². The number of oxime groups is 1. The lowest BCUT2D eigenvalue weighted by atomic mass is 10.2. The molecule has 1 aliphatic heterocycles. The molecule has 0 spiro atoms. The van der Waals surface area contributed by atoms with Gasteiger partial charge in [0.1, 0.15) is 0 Å². The molecule has 0 saturated heterocycles. The van der Waals surface area contributed by atoms with Gasteiger partial charge in [-0.15, -0.1) is 11.3 Å². The molecule has 1 aromatic rings. The van der Waals surface area contributed by atoms with Crippen LogP contribution < -0.4 is 5.32 Å². The molecular formula is C12H17N3O2S. The molecule has 0 bridgehead atoms.